The van der Waals surface area contributed by atoms with E-state index in [2.05, 4.69) is 22.1 Å². The molecule has 10 heteroatoms. The quantitative estimate of drug-likeness (QED) is 0.103. The summed E-state index contributed by atoms with van der Waals surface area (Å²) in [4.78, 5) is 42.0. The van der Waals surface area contributed by atoms with Crippen LogP contribution in [0.15, 0.2) is 102 Å². The lowest BCUT2D eigenvalue weighted by molar-refractivity contribution is -0.121. The van der Waals surface area contributed by atoms with Gasteiger partial charge in [-0.05, 0) is 61.6 Å². The highest BCUT2D eigenvalue weighted by Crippen LogP contribution is 2.31. The highest BCUT2D eigenvalue weighted by atomic mass is 16.2. The van der Waals surface area contributed by atoms with Crippen molar-refractivity contribution in [3.05, 3.63) is 120 Å². The van der Waals surface area contributed by atoms with Gasteiger partial charge in [0.15, 0.2) is 5.96 Å². The van der Waals surface area contributed by atoms with Gasteiger partial charge in [0.25, 0.3) is 5.91 Å². The van der Waals surface area contributed by atoms with Gasteiger partial charge in [-0.15, -0.1) is 0 Å². The molecule has 0 saturated heterocycles. The van der Waals surface area contributed by atoms with Gasteiger partial charge in [-0.2, -0.15) is 0 Å². The van der Waals surface area contributed by atoms with E-state index in [4.69, 9.17) is 22.2 Å². The third kappa shape index (κ3) is 7.72. The van der Waals surface area contributed by atoms with Crippen LogP contribution in [0.3, 0.4) is 0 Å². The number of amides is 2. The minimum absolute atomic E-state index is 0.00224. The Balaban J connectivity index is 1.52. The molecule has 0 bridgehead atoms. The first-order valence-electron chi connectivity index (χ1n) is 15.0. The number of rotatable bonds is 13. The molecule has 0 aliphatic heterocycles. The third-order valence-electron chi connectivity index (χ3n) is 7.71. The summed E-state index contributed by atoms with van der Waals surface area (Å²) in [5.41, 5.74) is 22.8. The number of guanidine groups is 1. The highest BCUT2D eigenvalue weighted by Gasteiger charge is 2.26. The summed E-state index contributed by atoms with van der Waals surface area (Å²) in [5, 5.41) is 0. The van der Waals surface area contributed by atoms with Crippen LogP contribution in [0, 0.1) is 6.92 Å². The van der Waals surface area contributed by atoms with Crippen molar-refractivity contribution < 1.29 is 9.59 Å². The van der Waals surface area contributed by atoms with E-state index in [-0.39, 0.29) is 11.9 Å². The number of fused-ring (bicyclic) bond motifs is 1. The second-order valence-electron chi connectivity index (χ2n) is 11.1. The molecule has 6 N–H and O–H groups in total. The molecule has 230 valence electrons. The summed E-state index contributed by atoms with van der Waals surface area (Å²) in [6, 6.07) is 26.6. The SMILES string of the molecule is Cc1ccc(-c2nc3cc(C(=O)N(CCc4ccccc4)Cc4cccnc4)ccc3n2[C@@H](CCCN=C(N)N)C(N)=O)cc1. The van der Waals surface area contributed by atoms with Crippen LogP contribution in [0.5, 0.6) is 0 Å². The Morgan fingerprint density at radius 3 is 2.38 bits per heavy atom. The molecule has 45 heavy (non-hydrogen) atoms. The van der Waals surface area contributed by atoms with Gasteiger partial charge in [0.2, 0.25) is 5.91 Å². The molecule has 0 aliphatic carbocycles. The number of benzene rings is 3. The maximum atomic E-state index is 14.0. The van der Waals surface area contributed by atoms with Crippen LogP contribution in [-0.2, 0) is 17.8 Å². The molecule has 0 spiro atoms. The van der Waals surface area contributed by atoms with Crippen molar-refractivity contribution in [2.75, 3.05) is 13.1 Å². The summed E-state index contributed by atoms with van der Waals surface area (Å²) in [7, 11) is 0. The number of carbonyl (C=O) groups excluding carboxylic acids is 2. The predicted molar refractivity (Wildman–Crippen MR) is 177 cm³/mol. The first-order valence-corrected chi connectivity index (χ1v) is 15.0. The van der Waals surface area contributed by atoms with Crippen molar-refractivity contribution in [1.29, 1.82) is 0 Å². The van der Waals surface area contributed by atoms with E-state index in [0.717, 1.165) is 22.3 Å². The second kappa shape index (κ2) is 14.3. The van der Waals surface area contributed by atoms with Crippen LogP contribution in [0.1, 0.15) is 45.9 Å². The lowest BCUT2D eigenvalue weighted by Crippen LogP contribution is -2.32. The smallest absolute Gasteiger partial charge is 0.254 e. The van der Waals surface area contributed by atoms with Gasteiger partial charge >= 0.3 is 0 Å². The summed E-state index contributed by atoms with van der Waals surface area (Å²) in [5.74, 6) is -0.0167. The van der Waals surface area contributed by atoms with Crippen molar-refractivity contribution in [3.63, 3.8) is 0 Å². The van der Waals surface area contributed by atoms with Gasteiger partial charge < -0.3 is 26.7 Å². The molecular weight excluding hydrogens is 564 g/mol. The average Bonchev–Trinajstić information content (AvgIpc) is 3.42. The van der Waals surface area contributed by atoms with Crippen LogP contribution in [0.25, 0.3) is 22.4 Å². The zero-order valence-electron chi connectivity index (χ0n) is 25.3. The first-order chi connectivity index (χ1) is 21.8. The minimum Gasteiger partial charge on any atom is -0.370 e. The summed E-state index contributed by atoms with van der Waals surface area (Å²) < 4.78 is 1.87. The average molecular weight is 603 g/mol. The van der Waals surface area contributed by atoms with E-state index in [0.29, 0.717) is 61.3 Å². The number of imidazole rings is 1. The molecule has 1 atom stereocenters. The number of primary amides is 1. The van der Waals surface area contributed by atoms with Crippen molar-refractivity contribution >= 4 is 28.8 Å². The van der Waals surface area contributed by atoms with Gasteiger partial charge in [-0.25, -0.2) is 4.98 Å². The number of carbonyl (C=O) groups is 2. The second-order valence-corrected chi connectivity index (χ2v) is 11.1. The molecule has 2 heterocycles. The summed E-state index contributed by atoms with van der Waals surface area (Å²) >= 11 is 0. The van der Waals surface area contributed by atoms with Gasteiger partial charge in [-0.3, -0.25) is 19.6 Å². The minimum atomic E-state index is -0.699. The Bertz CT molecular complexity index is 1780. The number of aromatic nitrogens is 3. The Morgan fingerprint density at radius 2 is 1.69 bits per heavy atom. The molecule has 10 nitrogen and oxygen atoms in total. The molecule has 0 saturated carbocycles. The summed E-state index contributed by atoms with van der Waals surface area (Å²) in [6.07, 6.45) is 5.16. The van der Waals surface area contributed by atoms with E-state index in [9.17, 15) is 9.59 Å². The number of nitrogens with two attached hydrogens (primary N) is 3. The Morgan fingerprint density at radius 1 is 0.933 bits per heavy atom. The van der Waals surface area contributed by atoms with Gasteiger partial charge in [0.1, 0.15) is 11.9 Å². The summed E-state index contributed by atoms with van der Waals surface area (Å²) in [6.45, 7) is 3.32. The number of hydrogen-bond acceptors (Lipinski definition) is 5. The van der Waals surface area contributed by atoms with Crippen LogP contribution < -0.4 is 17.2 Å². The topological polar surface area (TPSA) is 159 Å². The van der Waals surface area contributed by atoms with E-state index >= 15 is 0 Å². The number of aliphatic imine (C=N–C) groups is 1. The van der Waals surface area contributed by atoms with E-state index in [1.807, 2.05) is 77.1 Å². The molecular formula is C35H38N8O2. The normalized spacial score (nSPS) is 11.7. The molecule has 2 aromatic heterocycles. The highest BCUT2D eigenvalue weighted by molar-refractivity contribution is 5.98. The van der Waals surface area contributed by atoms with E-state index in [1.165, 1.54) is 0 Å². The van der Waals surface area contributed by atoms with Crippen LogP contribution in [0.4, 0.5) is 0 Å². The molecule has 0 radical (unpaired) electrons. The van der Waals surface area contributed by atoms with Crippen LogP contribution in [-0.4, -0.2) is 50.3 Å². The molecule has 5 aromatic rings. The Labute approximate surface area is 262 Å². The van der Waals surface area contributed by atoms with Crippen molar-refractivity contribution in [2.24, 2.45) is 22.2 Å². The number of pyridine rings is 1. The van der Waals surface area contributed by atoms with Crippen molar-refractivity contribution in [2.45, 2.75) is 38.8 Å². The van der Waals surface area contributed by atoms with Crippen LogP contribution >= 0.6 is 0 Å². The first kappa shape index (κ1) is 30.9. The molecule has 0 unspecified atom stereocenters. The Hall–Kier alpha value is -5.51. The van der Waals surface area contributed by atoms with Gasteiger partial charge in [-0.1, -0.05) is 66.2 Å². The van der Waals surface area contributed by atoms with E-state index in [1.54, 1.807) is 24.5 Å². The van der Waals surface area contributed by atoms with Crippen LogP contribution in [0.2, 0.25) is 0 Å². The lowest BCUT2D eigenvalue weighted by atomic mass is 10.1. The van der Waals surface area contributed by atoms with Crippen molar-refractivity contribution in [1.82, 2.24) is 19.4 Å². The van der Waals surface area contributed by atoms with Crippen molar-refractivity contribution in [3.8, 4) is 11.4 Å². The lowest BCUT2D eigenvalue weighted by Gasteiger charge is -2.23. The maximum Gasteiger partial charge on any atom is 0.254 e. The maximum absolute atomic E-state index is 14.0. The fourth-order valence-electron chi connectivity index (χ4n) is 5.40. The number of nitrogens with zero attached hydrogens (tertiary/aromatic N) is 5. The van der Waals surface area contributed by atoms with E-state index < -0.39 is 11.9 Å². The molecule has 0 fully saturated rings. The largest absolute Gasteiger partial charge is 0.370 e. The van der Waals surface area contributed by atoms with Gasteiger partial charge in [0, 0.05) is 43.2 Å². The monoisotopic (exact) mass is 602 g/mol. The number of aryl methyl sites for hydroxylation is 1. The Kier molecular flexibility index (Phi) is 9.83. The predicted octanol–water partition coefficient (Wildman–Crippen LogP) is 4.37. The fraction of sp³-hybridized carbons (Fsp3) is 0.229. The third-order valence-corrected chi connectivity index (χ3v) is 7.71. The molecule has 3 aromatic carbocycles. The molecule has 2 amide bonds. The van der Waals surface area contributed by atoms with Gasteiger partial charge in [0.05, 0.1) is 11.0 Å². The number of hydrogen-bond donors (Lipinski definition) is 3. The zero-order valence-corrected chi connectivity index (χ0v) is 25.3. The standard InChI is InChI=1S/C35H38N8O2/c1-24-11-13-27(14-12-24)33-41-29-21-28(15-16-30(29)43(33)31(32(36)44)10-6-19-40-35(37)38)34(45)42(23-26-9-5-18-39-22-26)20-17-25-7-3-2-4-8-25/h2-5,7-9,11-16,18,21-22,31H,6,10,17,19-20,23H2,1H3,(H2,36,44)(H4,37,38,40)/t31-/m0/s1. The molecule has 0 aliphatic rings. The fourth-order valence-corrected chi connectivity index (χ4v) is 5.40. The molecule has 5 rings (SSSR count). The zero-order chi connectivity index (χ0) is 31.8.